The van der Waals surface area contributed by atoms with Crippen molar-refractivity contribution in [2.45, 2.75) is 0 Å². The quantitative estimate of drug-likeness (QED) is 0.505. The lowest BCUT2D eigenvalue weighted by Gasteiger charge is -1.98. The van der Waals surface area contributed by atoms with E-state index in [1.54, 1.807) is 24.6 Å². The Morgan fingerprint density at radius 1 is 1.53 bits per heavy atom. The van der Waals surface area contributed by atoms with Gasteiger partial charge in [-0.3, -0.25) is 5.43 Å². The first-order valence-electron chi connectivity index (χ1n) is 5.41. The van der Waals surface area contributed by atoms with Gasteiger partial charge in [0.05, 0.1) is 11.9 Å². The summed E-state index contributed by atoms with van der Waals surface area (Å²) in [7, 11) is 1.74. The molecule has 0 saturated carbocycles. The van der Waals surface area contributed by atoms with Gasteiger partial charge in [-0.2, -0.15) is 5.10 Å². The molecule has 2 rings (SSSR count). The van der Waals surface area contributed by atoms with Gasteiger partial charge in [-0.05, 0) is 24.4 Å². The maximum Gasteiger partial charge on any atom is 0.186 e. The van der Waals surface area contributed by atoms with Crippen LogP contribution in [0.3, 0.4) is 0 Å². The SMILES string of the molecule is CNC(=S)N/N=C\c1csc(-c2cccc(Br)c2)n1. The molecular formula is C12H11BrN4S2. The van der Waals surface area contributed by atoms with Crippen LogP contribution in [0.4, 0.5) is 0 Å². The molecule has 7 heteroatoms. The largest absolute Gasteiger partial charge is 0.364 e. The van der Waals surface area contributed by atoms with Crippen LogP contribution in [0, 0.1) is 0 Å². The van der Waals surface area contributed by atoms with E-state index in [0.29, 0.717) is 5.11 Å². The fraction of sp³-hybridized carbons (Fsp3) is 0.0833. The Labute approximate surface area is 129 Å². The highest BCUT2D eigenvalue weighted by atomic mass is 79.9. The Balaban J connectivity index is 2.09. The third-order valence-electron chi connectivity index (χ3n) is 2.18. The van der Waals surface area contributed by atoms with Crippen molar-refractivity contribution in [2.75, 3.05) is 7.05 Å². The van der Waals surface area contributed by atoms with Crippen LogP contribution < -0.4 is 10.7 Å². The number of thiazole rings is 1. The molecule has 0 amide bonds. The number of hydrogen-bond acceptors (Lipinski definition) is 4. The summed E-state index contributed by atoms with van der Waals surface area (Å²) in [6, 6.07) is 8.04. The van der Waals surface area contributed by atoms with E-state index < -0.39 is 0 Å². The van der Waals surface area contributed by atoms with Crippen LogP contribution >= 0.6 is 39.5 Å². The second-order valence-corrected chi connectivity index (χ2v) is 5.72. The summed E-state index contributed by atoms with van der Waals surface area (Å²) in [5.74, 6) is 0. The molecule has 0 aliphatic carbocycles. The fourth-order valence-electron chi connectivity index (χ4n) is 1.31. The highest BCUT2D eigenvalue weighted by Gasteiger charge is 2.03. The standard InChI is InChI=1S/C12H11BrN4S2/c1-14-12(18)17-15-6-10-7-19-11(16-10)8-3-2-4-9(13)5-8/h2-7H,1H3,(H2,14,17,18)/b15-6-. The number of aromatic nitrogens is 1. The Kier molecular flexibility index (Phi) is 5.00. The van der Waals surface area contributed by atoms with E-state index in [-0.39, 0.29) is 0 Å². The fourth-order valence-corrected chi connectivity index (χ4v) is 2.53. The minimum Gasteiger partial charge on any atom is -0.364 e. The van der Waals surface area contributed by atoms with Crippen LogP contribution in [0.25, 0.3) is 10.6 Å². The molecule has 1 heterocycles. The van der Waals surface area contributed by atoms with Gasteiger partial charge < -0.3 is 5.32 Å². The smallest absolute Gasteiger partial charge is 0.186 e. The molecule has 1 aromatic carbocycles. The van der Waals surface area contributed by atoms with Crippen molar-refractivity contribution in [3.8, 4) is 10.6 Å². The molecule has 0 unspecified atom stereocenters. The highest BCUT2D eigenvalue weighted by Crippen LogP contribution is 2.25. The molecule has 2 aromatic rings. The van der Waals surface area contributed by atoms with Crippen LogP contribution in [0.2, 0.25) is 0 Å². The van der Waals surface area contributed by atoms with Gasteiger partial charge >= 0.3 is 0 Å². The highest BCUT2D eigenvalue weighted by molar-refractivity contribution is 9.10. The molecule has 1 aromatic heterocycles. The normalized spacial score (nSPS) is 10.6. The van der Waals surface area contributed by atoms with E-state index in [2.05, 4.69) is 36.8 Å². The first-order valence-corrected chi connectivity index (χ1v) is 7.49. The van der Waals surface area contributed by atoms with Crippen molar-refractivity contribution in [2.24, 2.45) is 5.10 Å². The second-order valence-electron chi connectivity index (χ2n) is 3.54. The second kappa shape index (κ2) is 6.74. The molecule has 0 bridgehead atoms. The van der Waals surface area contributed by atoms with E-state index >= 15 is 0 Å². The first kappa shape index (κ1) is 14.1. The Morgan fingerprint density at radius 2 is 2.37 bits per heavy atom. The minimum absolute atomic E-state index is 0.471. The van der Waals surface area contributed by atoms with Gasteiger partial charge in [-0.15, -0.1) is 11.3 Å². The third kappa shape index (κ3) is 4.09. The molecular weight excluding hydrogens is 344 g/mol. The van der Waals surface area contributed by atoms with Crippen molar-refractivity contribution >= 4 is 50.8 Å². The van der Waals surface area contributed by atoms with Crippen LogP contribution in [-0.2, 0) is 0 Å². The number of nitrogens with one attached hydrogen (secondary N) is 2. The number of hydrogen-bond donors (Lipinski definition) is 2. The van der Waals surface area contributed by atoms with Gasteiger partial charge in [0.2, 0.25) is 0 Å². The molecule has 0 radical (unpaired) electrons. The summed E-state index contributed by atoms with van der Waals surface area (Å²) < 4.78 is 1.04. The van der Waals surface area contributed by atoms with Crippen molar-refractivity contribution in [1.29, 1.82) is 0 Å². The van der Waals surface area contributed by atoms with Crippen molar-refractivity contribution in [3.63, 3.8) is 0 Å². The van der Waals surface area contributed by atoms with E-state index in [1.165, 1.54) is 0 Å². The van der Waals surface area contributed by atoms with Crippen molar-refractivity contribution in [1.82, 2.24) is 15.7 Å². The molecule has 0 spiro atoms. The summed E-state index contributed by atoms with van der Waals surface area (Å²) in [5.41, 5.74) is 4.56. The van der Waals surface area contributed by atoms with E-state index in [9.17, 15) is 0 Å². The first-order chi connectivity index (χ1) is 9.19. The van der Waals surface area contributed by atoms with Crippen LogP contribution in [0.1, 0.15) is 5.69 Å². The lowest BCUT2D eigenvalue weighted by atomic mass is 10.2. The monoisotopic (exact) mass is 354 g/mol. The molecule has 98 valence electrons. The van der Waals surface area contributed by atoms with Gasteiger partial charge in [-0.1, -0.05) is 28.1 Å². The summed E-state index contributed by atoms with van der Waals surface area (Å²) in [6.45, 7) is 0. The van der Waals surface area contributed by atoms with Gasteiger partial charge in [0.1, 0.15) is 5.01 Å². The average Bonchev–Trinajstić information content (AvgIpc) is 2.87. The molecule has 0 atom stereocenters. The summed E-state index contributed by atoms with van der Waals surface area (Å²) in [5, 5.41) is 10.1. The zero-order chi connectivity index (χ0) is 13.7. The number of halogens is 1. The van der Waals surface area contributed by atoms with Gasteiger partial charge in [0.15, 0.2) is 5.11 Å². The summed E-state index contributed by atoms with van der Waals surface area (Å²) in [4.78, 5) is 4.49. The molecule has 19 heavy (non-hydrogen) atoms. The zero-order valence-corrected chi connectivity index (χ0v) is 13.3. The Bertz CT molecular complexity index is 609. The van der Waals surface area contributed by atoms with Gasteiger partial charge in [0, 0.05) is 22.5 Å². The van der Waals surface area contributed by atoms with E-state index in [4.69, 9.17) is 12.2 Å². The van der Waals surface area contributed by atoms with E-state index in [1.807, 2.05) is 29.6 Å². The topological polar surface area (TPSA) is 49.3 Å². The molecule has 0 aliphatic heterocycles. The number of benzene rings is 1. The number of thiocarbonyl (C=S) groups is 1. The minimum atomic E-state index is 0.471. The van der Waals surface area contributed by atoms with Crippen LogP contribution in [0.5, 0.6) is 0 Å². The summed E-state index contributed by atoms with van der Waals surface area (Å²) in [6.07, 6.45) is 1.64. The molecule has 2 N–H and O–H groups in total. The number of hydrazone groups is 1. The Hall–Kier alpha value is -1.31. The maximum absolute atomic E-state index is 4.91. The number of nitrogens with zero attached hydrogens (tertiary/aromatic N) is 2. The lowest BCUT2D eigenvalue weighted by molar-refractivity contribution is 0.981. The third-order valence-corrected chi connectivity index (χ3v) is 3.88. The zero-order valence-electron chi connectivity index (χ0n) is 10.1. The van der Waals surface area contributed by atoms with Crippen molar-refractivity contribution < 1.29 is 0 Å². The van der Waals surface area contributed by atoms with Crippen LogP contribution in [0.15, 0.2) is 39.2 Å². The molecule has 0 fully saturated rings. The van der Waals surface area contributed by atoms with E-state index in [0.717, 1.165) is 20.7 Å². The Morgan fingerprint density at radius 3 is 3.11 bits per heavy atom. The molecule has 4 nitrogen and oxygen atoms in total. The molecule has 0 aliphatic rings. The van der Waals surface area contributed by atoms with Crippen molar-refractivity contribution in [3.05, 3.63) is 39.8 Å². The van der Waals surface area contributed by atoms with Crippen LogP contribution in [-0.4, -0.2) is 23.4 Å². The predicted octanol–water partition coefficient (Wildman–Crippen LogP) is 3.00. The predicted molar refractivity (Wildman–Crippen MR) is 87.6 cm³/mol. The van der Waals surface area contributed by atoms with Gasteiger partial charge in [-0.25, -0.2) is 4.98 Å². The van der Waals surface area contributed by atoms with Gasteiger partial charge in [0.25, 0.3) is 0 Å². The summed E-state index contributed by atoms with van der Waals surface area (Å²) >= 11 is 9.94. The molecule has 0 saturated heterocycles. The average molecular weight is 355 g/mol. The number of rotatable bonds is 3. The maximum atomic E-state index is 4.91. The lowest BCUT2D eigenvalue weighted by Crippen LogP contribution is -2.28.